The zero-order chi connectivity index (χ0) is 15.2. The van der Waals surface area contributed by atoms with E-state index in [9.17, 15) is 9.90 Å². The molecule has 4 N–H and O–H groups in total. The van der Waals surface area contributed by atoms with E-state index in [1.165, 1.54) is 0 Å². The highest BCUT2D eigenvalue weighted by molar-refractivity contribution is 5.84. The van der Waals surface area contributed by atoms with E-state index in [0.717, 1.165) is 5.56 Å². The first-order chi connectivity index (χ1) is 9.39. The molecule has 0 saturated heterocycles. The lowest BCUT2D eigenvalue weighted by Crippen LogP contribution is -2.56. The van der Waals surface area contributed by atoms with Crippen molar-refractivity contribution >= 4 is 5.91 Å². The molecule has 5 heteroatoms. The molecule has 5 nitrogen and oxygen atoms in total. The lowest BCUT2D eigenvalue weighted by Gasteiger charge is -2.29. The third-order valence-corrected chi connectivity index (χ3v) is 3.15. The first-order valence-corrected chi connectivity index (χ1v) is 6.78. The van der Waals surface area contributed by atoms with Crippen LogP contribution in [-0.4, -0.2) is 29.2 Å². The number of primary amides is 1. The molecule has 0 aliphatic rings. The average Bonchev–Trinajstić information content (AvgIpc) is 2.38. The Morgan fingerprint density at radius 2 is 2.10 bits per heavy atom. The van der Waals surface area contributed by atoms with Gasteiger partial charge >= 0.3 is 0 Å². The molecule has 0 spiro atoms. The van der Waals surface area contributed by atoms with Gasteiger partial charge in [0.25, 0.3) is 0 Å². The minimum absolute atomic E-state index is 0.0759. The minimum atomic E-state index is -0.803. The van der Waals surface area contributed by atoms with E-state index in [1.807, 2.05) is 26.0 Å². The third-order valence-electron chi connectivity index (χ3n) is 3.15. The monoisotopic (exact) mass is 280 g/mol. The quantitative estimate of drug-likeness (QED) is 0.668. The second-order valence-corrected chi connectivity index (χ2v) is 5.36. The van der Waals surface area contributed by atoms with Crippen molar-refractivity contribution in [3.63, 3.8) is 0 Å². The maximum atomic E-state index is 11.6. The topological polar surface area (TPSA) is 84.6 Å². The summed E-state index contributed by atoms with van der Waals surface area (Å²) in [7, 11) is 0. The van der Waals surface area contributed by atoms with E-state index in [-0.39, 0.29) is 12.6 Å². The summed E-state index contributed by atoms with van der Waals surface area (Å²) in [5.41, 5.74) is 5.38. The number of para-hydroxylation sites is 1. The zero-order valence-electron chi connectivity index (χ0n) is 12.3. The standard InChI is InChI=1S/C15H24N2O3/c1-11(2)17-15(3,14(16)19)8-9-20-13-7-5-4-6-12(13)10-18/h4-7,11,17-18H,8-10H2,1-3H3,(H2,16,19). The smallest absolute Gasteiger partial charge is 0.237 e. The van der Waals surface area contributed by atoms with Gasteiger partial charge in [-0.2, -0.15) is 0 Å². The van der Waals surface area contributed by atoms with Crippen molar-refractivity contribution < 1.29 is 14.6 Å². The fourth-order valence-electron chi connectivity index (χ4n) is 2.04. The highest BCUT2D eigenvalue weighted by atomic mass is 16.5. The molecule has 0 aromatic heterocycles. The van der Waals surface area contributed by atoms with E-state index >= 15 is 0 Å². The number of nitrogens with one attached hydrogen (secondary N) is 1. The molecule has 112 valence electrons. The molecule has 1 rings (SSSR count). The van der Waals surface area contributed by atoms with Crippen molar-refractivity contribution in [2.75, 3.05) is 6.61 Å². The molecule has 1 atom stereocenters. The van der Waals surface area contributed by atoms with E-state index in [2.05, 4.69) is 5.32 Å². The first-order valence-electron chi connectivity index (χ1n) is 6.78. The Kier molecular flexibility index (Phi) is 5.98. The van der Waals surface area contributed by atoms with Crippen molar-refractivity contribution in [1.29, 1.82) is 0 Å². The van der Waals surface area contributed by atoms with Crippen LogP contribution in [-0.2, 0) is 11.4 Å². The fourth-order valence-corrected chi connectivity index (χ4v) is 2.04. The van der Waals surface area contributed by atoms with Gasteiger partial charge in [0, 0.05) is 18.0 Å². The Morgan fingerprint density at radius 3 is 2.65 bits per heavy atom. The second kappa shape index (κ2) is 7.26. The normalized spacial score (nSPS) is 14.1. The van der Waals surface area contributed by atoms with Crippen LogP contribution in [0.15, 0.2) is 24.3 Å². The van der Waals surface area contributed by atoms with E-state index in [4.69, 9.17) is 10.5 Å². The summed E-state index contributed by atoms with van der Waals surface area (Å²) < 4.78 is 5.65. The maximum Gasteiger partial charge on any atom is 0.237 e. The van der Waals surface area contributed by atoms with Gasteiger partial charge in [0.15, 0.2) is 0 Å². The molecule has 20 heavy (non-hydrogen) atoms. The van der Waals surface area contributed by atoms with Crippen molar-refractivity contribution in [1.82, 2.24) is 5.32 Å². The number of aliphatic hydroxyl groups is 1. The lowest BCUT2D eigenvalue weighted by atomic mass is 9.96. The van der Waals surface area contributed by atoms with Gasteiger partial charge in [-0.3, -0.25) is 4.79 Å². The first kappa shape index (κ1) is 16.5. The Bertz CT molecular complexity index is 448. The van der Waals surface area contributed by atoms with Crippen molar-refractivity contribution in [2.45, 2.75) is 45.4 Å². The van der Waals surface area contributed by atoms with Crippen molar-refractivity contribution in [3.8, 4) is 5.75 Å². The van der Waals surface area contributed by atoms with Crippen LogP contribution in [0.3, 0.4) is 0 Å². The largest absolute Gasteiger partial charge is 0.493 e. The van der Waals surface area contributed by atoms with Gasteiger partial charge in [0.2, 0.25) is 5.91 Å². The predicted molar refractivity (Wildman–Crippen MR) is 78.3 cm³/mol. The summed E-state index contributed by atoms with van der Waals surface area (Å²) in [5.74, 6) is 0.233. The number of ether oxygens (including phenoxy) is 1. The minimum Gasteiger partial charge on any atom is -0.493 e. The van der Waals surface area contributed by atoms with Gasteiger partial charge in [0.1, 0.15) is 5.75 Å². The van der Waals surface area contributed by atoms with Crippen LogP contribution in [0.1, 0.15) is 32.8 Å². The molecular formula is C15H24N2O3. The number of carbonyl (C=O) groups excluding carboxylic acids is 1. The van der Waals surface area contributed by atoms with Gasteiger partial charge < -0.3 is 20.9 Å². The fraction of sp³-hybridized carbons (Fsp3) is 0.533. The maximum absolute atomic E-state index is 11.6. The third kappa shape index (κ3) is 4.51. The molecule has 1 aromatic rings. The van der Waals surface area contributed by atoms with Crippen LogP contribution in [0.4, 0.5) is 0 Å². The number of carbonyl (C=O) groups is 1. The highest BCUT2D eigenvalue weighted by Gasteiger charge is 2.31. The molecule has 0 radical (unpaired) electrons. The summed E-state index contributed by atoms with van der Waals surface area (Å²) >= 11 is 0. The van der Waals surface area contributed by atoms with Crippen LogP contribution in [0.2, 0.25) is 0 Å². The molecule has 1 unspecified atom stereocenters. The average molecular weight is 280 g/mol. The molecule has 0 fully saturated rings. The van der Waals surface area contributed by atoms with Crippen molar-refractivity contribution in [3.05, 3.63) is 29.8 Å². The molecule has 1 aromatic carbocycles. The van der Waals surface area contributed by atoms with E-state index in [0.29, 0.717) is 18.8 Å². The van der Waals surface area contributed by atoms with Gasteiger partial charge in [-0.05, 0) is 26.8 Å². The summed E-state index contributed by atoms with van der Waals surface area (Å²) in [6, 6.07) is 7.43. The molecule has 0 heterocycles. The van der Waals surface area contributed by atoms with Gasteiger partial charge in [-0.15, -0.1) is 0 Å². The number of nitrogens with two attached hydrogens (primary N) is 1. The molecule has 0 aliphatic heterocycles. The number of hydrogen-bond donors (Lipinski definition) is 3. The SMILES string of the molecule is CC(C)NC(C)(CCOc1ccccc1CO)C(N)=O. The number of rotatable bonds is 8. The molecule has 0 aliphatic carbocycles. The van der Waals surface area contributed by atoms with Crippen LogP contribution >= 0.6 is 0 Å². The van der Waals surface area contributed by atoms with Crippen molar-refractivity contribution in [2.24, 2.45) is 5.73 Å². The Balaban J connectivity index is 2.63. The molecule has 0 bridgehead atoms. The Hall–Kier alpha value is -1.59. The van der Waals surface area contributed by atoms with Crippen LogP contribution < -0.4 is 15.8 Å². The number of amides is 1. The highest BCUT2D eigenvalue weighted by Crippen LogP contribution is 2.19. The van der Waals surface area contributed by atoms with Gasteiger partial charge in [-0.1, -0.05) is 18.2 Å². The van der Waals surface area contributed by atoms with Crippen LogP contribution in [0.25, 0.3) is 0 Å². The summed E-state index contributed by atoms with van der Waals surface area (Å²) in [6.07, 6.45) is 0.459. The van der Waals surface area contributed by atoms with Gasteiger partial charge in [-0.25, -0.2) is 0 Å². The second-order valence-electron chi connectivity index (χ2n) is 5.36. The number of hydrogen-bond acceptors (Lipinski definition) is 4. The number of aliphatic hydroxyl groups excluding tert-OH is 1. The number of benzene rings is 1. The summed E-state index contributed by atoms with van der Waals surface area (Å²) in [4.78, 5) is 11.6. The lowest BCUT2D eigenvalue weighted by molar-refractivity contribution is -0.124. The van der Waals surface area contributed by atoms with Crippen LogP contribution in [0, 0.1) is 0 Å². The molecular weight excluding hydrogens is 256 g/mol. The Morgan fingerprint density at radius 1 is 1.45 bits per heavy atom. The van der Waals surface area contributed by atoms with E-state index < -0.39 is 11.4 Å². The molecule has 0 saturated carbocycles. The summed E-state index contributed by atoms with van der Waals surface area (Å²) in [6.45, 7) is 5.96. The van der Waals surface area contributed by atoms with Gasteiger partial charge in [0.05, 0.1) is 18.8 Å². The predicted octanol–water partition coefficient (Wildman–Crippen LogP) is 1.19. The molecule has 1 amide bonds. The Labute approximate surface area is 120 Å². The van der Waals surface area contributed by atoms with E-state index in [1.54, 1.807) is 19.1 Å². The zero-order valence-corrected chi connectivity index (χ0v) is 12.3. The summed E-state index contributed by atoms with van der Waals surface area (Å²) in [5, 5.41) is 12.4. The van der Waals surface area contributed by atoms with Crippen LogP contribution in [0.5, 0.6) is 5.75 Å².